The third-order valence-corrected chi connectivity index (χ3v) is 3.74. The third-order valence-electron chi connectivity index (χ3n) is 3.05. The van der Waals surface area contributed by atoms with Crippen molar-refractivity contribution in [3.05, 3.63) is 64.8 Å². The average molecular weight is 298 g/mol. The van der Waals surface area contributed by atoms with E-state index in [1.165, 1.54) is 16.3 Å². The van der Waals surface area contributed by atoms with Crippen LogP contribution in [-0.4, -0.2) is 4.98 Å². The number of fused-ring (bicyclic) bond motifs is 1. The molecule has 1 aromatic heterocycles. The molecule has 0 N–H and O–H groups in total. The Morgan fingerprint density at radius 2 is 1.83 bits per heavy atom. The molecule has 0 saturated carbocycles. The number of hydrogen-bond donors (Lipinski definition) is 0. The lowest BCUT2D eigenvalue weighted by Gasteiger charge is -2.08. The molecule has 2 aromatic carbocycles. The lowest BCUT2D eigenvalue weighted by atomic mass is 10.0. The van der Waals surface area contributed by atoms with Crippen LogP contribution in [0.1, 0.15) is 5.56 Å². The average Bonchev–Trinajstić information content (AvgIpc) is 2.39. The molecular formula is C16H12BrN. The van der Waals surface area contributed by atoms with E-state index in [1.807, 2.05) is 24.4 Å². The van der Waals surface area contributed by atoms with Crippen molar-refractivity contribution in [1.82, 2.24) is 4.98 Å². The summed E-state index contributed by atoms with van der Waals surface area (Å²) < 4.78 is 1.08. The highest BCUT2D eigenvalue weighted by atomic mass is 79.9. The number of hydrogen-bond acceptors (Lipinski definition) is 1. The van der Waals surface area contributed by atoms with Gasteiger partial charge in [-0.2, -0.15) is 0 Å². The van der Waals surface area contributed by atoms with Crippen molar-refractivity contribution in [3.63, 3.8) is 0 Å². The van der Waals surface area contributed by atoms with E-state index in [4.69, 9.17) is 0 Å². The van der Waals surface area contributed by atoms with Crippen LogP contribution in [0.3, 0.4) is 0 Å². The minimum absolute atomic E-state index is 1.03. The van der Waals surface area contributed by atoms with E-state index < -0.39 is 0 Å². The van der Waals surface area contributed by atoms with E-state index in [2.05, 4.69) is 58.2 Å². The number of benzene rings is 2. The predicted molar refractivity (Wildman–Crippen MR) is 79.6 cm³/mol. The lowest BCUT2D eigenvalue weighted by Crippen LogP contribution is -1.87. The van der Waals surface area contributed by atoms with E-state index in [0.717, 1.165) is 15.7 Å². The van der Waals surface area contributed by atoms with Crippen LogP contribution in [0.4, 0.5) is 0 Å². The summed E-state index contributed by atoms with van der Waals surface area (Å²) in [6.45, 7) is 2.11. The number of rotatable bonds is 1. The van der Waals surface area contributed by atoms with Gasteiger partial charge in [0.1, 0.15) is 0 Å². The smallest absolute Gasteiger partial charge is 0.0791 e. The fraction of sp³-hybridized carbons (Fsp3) is 0.0625. The molecule has 0 fully saturated rings. The van der Waals surface area contributed by atoms with Crippen LogP contribution >= 0.6 is 15.9 Å². The fourth-order valence-corrected chi connectivity index (χ4v) is 2.62. The van der Waals surface area contributed by atoms with Gasteiger partial charge in [-0.3, -0.25) is 4.98 Å². The molecule has 1 heterocycles. The largest absolute Gasteiger partial charge is 0.256 e. The Hall–Kier alpha value is -1.67. The molecule has 0 aliphatic carbocycles. The molecule has 3 rings (SSSR count). The molecule has 18 heavy (non-hydrogen) atoms. The Bertz CT molecular complexity index is 719. The second-order valence-electron chi connectivity index (χ2n) is 4.36. The number of pyridine rings is 1. The van der Waals surface area contributed by atoms with Gasteiger partial charge in [0.05, 0.1) is 5.69 Å². The maximum absolute atomic E-state index is 4.55. The summed E-state index contributed by atoms with van der Waals surface area (Å²) in [5, 5.41) is 2.42. The van der Waals surface area contributed by atoms with Crippen molar-refractivity contribution in [2.45, 2.75) is 6.92 Å². The van der Waals surface area contributed by atoms with Gasteiger partial charge in [-0.25, -0.2) is 0 Å². The molecule has 0 unspecified atom stereocenters. The van der Waals surface area contributed by atoms with E-state index in [9.17, 15) is 0 Å². The summed E-state index contributed by atoms with van der Waals surface area (Å²) in [6, 6.07) is 16.7. The van der Waals surface area contributed by atoms with E-state index >= 15 is 0 Å². The second kappa shape index (κ2) is 4.54. The van der Waals surface area contributed by atoms with Gasteiger partial charge in [-0.1, -0.05) is 51.8 Å². The van der Waals surface area contributed by atoms with Gasteiger partial charge in [-0.05, 0) is 30.5 Å². The maximum atomic E-state index is 4.55. The SMILES string of the molecule is Cc1ccc2ccnc(-c3ccccc3Br)c2c1. The molecule has 0 radical (unpaired) electrons. The monoisotopic (exact) mass is 297 g/mol. The molecule has 0 aliphatic heterocycles. The Balaban J connectivity index is 2.36. The molecule has 2 heteroatoms. The summed E-state index contributed by atoms with van der Waals surface area (Å²) in [6.07, 6.45) is 1.87. The number of aryl methyl sites for hydroxylation is 1. The van der Waals surface area contributed by atoms with Gasteiger partial charge >= 0.3 is 0 Å². The van der Waals surface area contributed by atoms with Crippen molar-refractivity contribution in [1.29, 1.82) is 0 Å². The van der Waals surface area contributed by atoms with Crippen LogP contribution in [0.15, 0.2) is 59.2 Å². The standard InChI is InChI=1S/C16H12BrN/c1-11-6-7-12-8-9-18-16(14(12)10-11)13-4-2-3-5-15(13)17/h2-10H,1H3. The Labute approximate surface area is 115 Å². The van der Waals surface area contributed by atoms with Gasteiger partial charge in [-0.15, -0.1) is 0 Å². The molecule has 0 spiro atoms. The first kappa shape index (κ1) is 11.4. The third kappa shape index (κ3) is 1.93. The highest BCUT2D eigenvalue weighted by molar-refractivity contribution is 9.10. The predicted octanol–water partition coefficient (Wildman–Crippen LogP) is 4.97. The molecule has 0 amide bonds. The Kier molecular flexibility index (Phi) is 2.88. The van der Waals surface area contributed by atoms with Crippen molar-refractivity contribution >= 4 is 26.7 Å². The number of aromatic nitrogens is 1. The molecule has 88 valence electrons. The van der Waals surface area contributed by atoms with E-state index in [-0.39, 0.29) is 0 Å². The summed E-state index contributed by atoms with van der Waals surface area (Å²) in [5.74, 6) is 0. The molecule has 3 aromatic rings. The lowest BCUT2D eigenvalue weighted by molar-refractivity contribution is 1.35. The van der Waals surface area contributed by atoms with Crippen LogP contribution in [0.25, 0.3) is 22.0 Å². The summed E-state index contributed by atoms with van der Waals surface area (Å²) >= 11 is 3.60. The molecule has 0 aliphatic rings. The highest BCUT2D eigenvalue weighted by Crippen LogP contribution is 2.32. The zero-order valence-electron chi connectivity index (χ0n) is 10.0. The summed E-state index contributed by atoms with van der Waals surface area (Å²) in [5.41, 5.74) is 3.42. The molecule has 0 saturated heterocycles. The quantitative estimate of drug-likeness (QED) is 0.618. The number of halogens is 1. The molecule has 1 nitrogen and oxygen atoms in total. The minimum atomic E-state index is 1.03. The molecular weight excluding hydrogens is 286 g/mol. The highest BCUT2D eigenvalue weighted by Gasteiger charge is 2.08. The zero-order valence-corrected chi connectivity index (χ0v) is 11.6. The summed E-state index contributed by atoms with van der Waals surface area (Å²) in [7, 11) is 0. The van der Waals surface area contributed by atoms with E-state index in [1.54, 1.807) is 0 Å². The minimum Gasteiger partial charge on any atom is -0.256 e. The van der Waals surface area contributed by atoms with Crippen LogP contribution in [-0.2, 0) is 0 Å². The van der Waals surface area contributed by atoms with Gasteiger partial charge in [0.25, 0.3) is 0 Å². The van der Waals surface area contributed by atoms with Crippen LogP contribution in [0, 0.1) is 6.92 Å². The molecule has 0 bridgehead atoms. The van der Waals surface area contributed by atoms with Gasteiger partial charge in [0.2, 0.25) is 0 Å². The van der Waals surface area contributed by atoms with Gasteiger partial charge in [0.15, 0.2) is 0 Å². The van der Waals surface area contributed by atoms with Crippen molar-refractivity contribution in [3.8, 4) is 11.3 Å². The normalized spacial score (nSPS) is 10.8. The zero-order chi connectivity index (χ0) is 12.5. The number of nitrogens with zero attached hydrogens (tertiary/aromatic N) is 1. The van der Waals surface area contributed by atoms with Crippen molar-refractivity contribution in [2.24, 2.45) is 0 Å². The first-order valence-corrected chi connectivity index (χ1v) is 6.65. The van der Waals surface area contributed by atoms with E-state index in [0.29, 0.717) is 0 Å². The van der Waals surface area contributed by atoms with Crippen LogP contribution < -0.4 is 0 Å². The second-order valence-corrected chi connectivity index (χ2v) is 5.22. The van der Waals surface area contributed by atoms with Gasteiger partial charge in [0, 0.05) is 21.6 Å². The van der Waals surface area contributed by atoms with Crippen LogP contribution in [0.2, 0.25) is 0 Å². The maximum Gasteiger partial charge on any atom is 0.0791 e. The summed E-state index contributed by atoms with van der Waals surface area (Å²) in [4.78, 5) is 4.55. The topological polar surface area (TPSA) is 12.9 Å². The molecule has 0 atom stereocenters. The van der Waals surface area contributed by atoms with Gasteiger partial charge < -0.3 is 0 Å². The first-order valence-electron chi connectivity index (χ1n) is 5.86. The Morgan fingerprint density at radius 3 is 2.67 bits per heavy atom. The first-order chi connectivity index (χ1) is 8.75. The van der Waals surface area contributed by atoms with Crippen LogP contribution in [0.5, 0.6) is 0 Å². The fourth-order valence-electron chi connectivity index (χ4n) is 2.15. The Morgan fingerprint density at radius 1 is 1.00 bits per heavy atom. The van der Waals surface area contributed by atoms with Crippen molar-refractivity contribution in [2.75, 3.05) is 0 Å². The van der Waals surface area contributed by atoms with Crippen molar-refractivity contribution < 1.29 is 0 Å².